The number of nitrogens with one attached hydrogen (secondary N) is 1. The molecule has 1 aromatic rings. The van der Waals surface area contributed by atoms with Gasteiger partial charge in [0.2, 0.25) is 0 Å². The molecule has 120 valence electrons. The minimum absolute atomic E-state index is 0.468. The van der Waals surface area contributed by atoms with Crippen LogP contribution in [0, 0.1) is 0 Å². The molecule has 5 heteroatoms. The molecule has 3 saturated heterocycles. The average Bonchev–Trinajstić information content (AvgIpc) is 2.58. The summed E-state index contributed by atoms with van der Waals surface area (Å²) in [4.78, 5) is 7.97. The number of alkyl halides is 1. The van der Waals surface area contributed by atoms with E-state index < -0.39 is 0 Å². The third-order valence-corrected chi connectivity index (χ3v) is 5.61. The van der Waals surface area contributed by atoms with Gasteiger partial charge in [-0.3, -0.25) is 20.0 Å². The van der Waals surface area contributed by atoms with Crippen molar-refractivity contribution < 1.29 is 0 Å². The lowest BCUT2D eigenvalue weighted by molar-refractivity contribution is -0.117. The zero-order valence-electron chi connectivity index (χ0n) is 13.0. The molecule has 4 nitrogen and oxygen atoms in total. The molecule has 4 rings (SSSR count). The Morgan fingerprint density at radius 3 is 2.45 bits per heavy atom. The van der Waals surface area contributed by atoms with Crippen LogP contribution in [-0.4, -0.2) is 66.3 Å². The molecule has 3 aliphatic heterocycles. The van der Waals surface area contributed by atoms with Gasteiger partial charge in [0.05, 0.1) is 12.3 Å². The van der Waals surface area contributed by atoms with Crippen LogP contribution >= 0.6 is 11.6 Å². The fourth-order valence-corrected chi connectivity index (χ4v) is 4.36. The fourth-order valence-electron chi connectivity index (χ4n) is 4.18. The van der Waals surface area contributed by atoms with E-state index >= 15 is 0 Å². The third kappa shape index (κ3) is 2.79. The molecule has 3 fully saturated rings. The summed E-state index contributed by atoms with van der Waals surface area (Å²) in [6, 6.07) is 8.76. The van der Waals surface area contributed by atoms with Crippen LogP contribution < -0.4 is 5.32 Å². The van der Waals surface area contributed by atoms with Gasteiger partial charge in [0.15, 0.2) is 0 Å². The molecule has 3 heterocycles. The quantitative estimate of drug-likeness (QED) is 0.852. The van der Waals surface area contributed by atoms with E-state index in [-0.39, 0.29) is 0 Å². The highest BCUT2D eigenvalue weighted by Crippen LogP contribution is 2.26. The molecule has 1 N–H and O–H groups in total. The Hall–Kier alpha value is -0.650. The van der Waals surface area contributed by atoms with Gasteiger partial charge in [0.25, 0.3) is 0 Å². The molecular formula is C17H25ClN4. The summed E-state index contributed by atoms with van der Waals surface area (Å²) in [5.74, 6) is 0.597. The number of piperazine rings is 2. The summed E-state index contributed by atoms with van der Waals surface area (Å²) in [5, 5.41) is 3.76. The number of hydrogen-bond donors (Lipinski definition) is 1. The first-order chi connectivity index (χ1) is 10.8. The second-order valence-electron chi connectivity index (χ2n) is 6.66. The minimum Gasteiger partial charge on any atom is -0.298 e. The van der Waals surface area contributed by atoms with E-state index in [1.165, 1.54) is 43.7 Å². The van der Waals surface area contributed by atoms with Crippen molar-refractivity contribution in [3.8, 4) is 0 Å². The minimum atomic E-state index is 0.468. The highest BCUT2D eigenvalue weighted by atomic mass is 35.5. The van der Waals surface area contributed by atoms with Crippen molar-refractivity contribution in [1.82, 2.24) is 20.0 Å². The van der Waals surface area contributed by atoms with Gasteiger partial charge in [-0.2, -0.15) is 0 Å². The summed E-state index contributed by atoms with van der Waals surface area (Å²) >= 11 is 5.89. The maximum atomic E-state index is 5.89. The van der Waals surface area contributed by atoms with E-state index in [1.54, 1.807) is 0 Å². The van der Waals surface area contributed by atoms with E-state index in [1.807, 2.05) is 0 Å². The Kier molecular flexibility index (Phi) is 4.38. The van der Waals surface area contributed by atoms with E-state index in [9.17, 15) is 0 Å². The van der Waals surface area contributed by atoms with Crippen LogP contribution in [-0.2, 0) is 12.4 Å². The zero-order chi connectivity index (χ0) is 14.9. The lowest BCUT2D eigenvalue weighted by Crippen LogP contribution is -2.74. The van der Waals surface area contributed by atoms with Gasteiger partial charge in [-0.1, -0.05) is 24.3 Å². The average molecular weight is 321 g/mol. The van der Waals surface area contributed by atoms with Crippen molar-refractivity contribution in [2.75, 3.05) is 39.3 Å². The first-order valence-electron chi connectivity index (χ1n) is 8.44. The van der Waals surface area contributed by atoms with Crippen molar-refractivity contribution in [3.05, 3.63) is 35.4 Å². The topological polar surface area (TPSA) is 21.8 Å². The van der Waals surface area contributed by atoms with Crippen LogP contribution in [0.25, 0.3) is 0 Å². The predicted molar refractivity (Wildman–Crippen MR) is 89.8 cm³/mol. The lowest BCUT2D eigenvalue weighted by Gasteiger charge is -2.56. The summed E-state index contributed by atoms with van der Waals surface area (Å²) in [6.45, 7) is 8.19. The number of benzene rings is 1. The second-order valence-corrected chi connectivity index (χ2v) is 6.93. The van der Waals surface area contributed by atoms with Crippen LogP contribution in [0.15, 0.2) is 24.3 Å². The molecule has 2 atom stereocenters. The van der Waals surface area contributed by atoms with E-state index in [0.29, 0.717) is 18.2 Å². The second kappa shape index (κ2) is 6.46. The van der Waals surface area contributed by atoms with Crippen molar-refractivity contribution in [1.29, 1.82) is 0 Å². The monoisotopic (exact) mass is 320 g/mol. The summed E-state index contributed by atoms with van der Waals surface area (Å²) < 4.78 is 0. The molecule has 22 heavy (non-hydrogen) atoms. The van der Waals surface area contributed by atoms with Crippen LogP contribution in [0.1, 0.15) is 17.5 Å². The molecule has 0 radical (unpaired) electrons. The molecule has 0 unspecified atom stereocenters. The Morgan fingerprint density at radius 2 is 1.68 bits per heavy atom. The first-order valence-corrected chi connectivity index (χ1v) is 8.98. The normalized spacial score (nSPS) is 30.2. The van der Waals surface area contributed by atoms with Gasteiger partial charge < -0.3 is 0 Å². The maximum absolute atomic E-state index is 5.89. The number of nitrogens with zero attached hydrogens (tertiary/aromatic N) is 3. The summed E-state index contributed by atoms with van der Waals surface area (Å²) in [5.41, 5.74) is 2.58. The molecule has 0 saturated carbocycles. The third-order valence-electron chi connectivity index (χ3n) is 5.30. The standard InChI is InChI=1S/C17H25ClN4/c18-12-14-2-4-15(5-3-14)13-22-11-10-21-8-1-7-20-9-6-19-16(22)17(20)21/h2-5,16-17,19H,1,6-13H2/t16-,17-/m1/s1. The van der Waals surface area contributed by atoms with Crippen molar-refractivity contribution in [2.24, 2.45) is 0 Å². The summed E-state index contributed by atoms with van der Waals surface area (Å²) in [6.07, 6.45) is 2.36. The molecule has 0 aliphatic carbocycles. The number of rotatable bonds is 3. The van der Waals surface area contributed by atoms with E-state index in [2.05, 4.69) is 44.3 Å². The molecule has 3 aliphatic rings. The predicted octanol–water partition coefficient (Wildman–Crippen LogP) is 1.50. The van der Waals surface area contributed by atoms with Crippen LogP contribution in [0.2, 0.25) is 0 Å². The first kappa shape index (κ1) is 14.9. The maximum Gasteiger partial charge on any atom is 0.0920 e. The molecule has 0 bridgehead atoms. The molecule has 0 aromatic heterocycles. The molecular weight excluding hydrogens is 296 g/mol. The van der Waals surface area contributed by atoms with Gasteiger partial charge in [0, 0.05) is 51.7 Å². The molecule has 1 aromatic carbocycles. The van der Waals surface area contributed by atoms with Crippen molar-refractivity contribution >= 4 is 11.6 Å². The Balaban J connectivity index is 1.49. The number of hydrogen-bond acceptors (Lipinski definition) is 4. The largest absolute Gasteiger partial charge is 0.298 e. The Bertz CT molecular complexity index is 497. The van der Waals surface area contributed by atoms with Crippen molar-refractivity contribution in [2.45, 2.75) is 31.2 Å². The highest BCUT2D eigenvalue weighted by Gasteiger charge is 2.43. The van der Waals surface area contributed by atoms with E-state index in [4.69, 9.17) is 11.6 Å². The van der Waals surface area contributed by atoms with Crippen LogP contribution in [0.3, 0.4) is 0 Å². The Labute approximate surface area is 138 Å². The lowest BCUT2D eigenvalue weighted by atomic mass is 10.0. The van der Waals surface area contributed by atoms with Gasteiger partial charge in [-0.25, -0.2) is 0 Å². The number of halogens is 1. The molecule has 0 spiro atoms. The van der Waals surface area contributed by atoms with Crippen molar-refractivity contribution in [3.63, 3.8) is 0 Å². The summed E-state index contributed by atoms with van der Waals surface area (Å²) in [7, 11) is 0. The SMILES string of the molecule is ClCc1ccc(CN2CCN3CCCN4CCN[C@H]2[C@H]43)cc1. The van der Waals surface area contributed by atoms with Gasteiger partial charge in [-0.05, 0) is 17.5 Å². The smallest absolute Gasteiger partial charge is 0.0920 e. The van der Waals surface area contributed by atoms with Gasteiger partial charge in [0.1, 0.15) is 0 Å². The van der Waals surface area contributed by atoms with Gasteiger partial charge >= 0.3 is 0 Å². The van der Waals surface area contributed by atoms with Crippen LogP contribution in [0.5, 0.6) is 0 Å². The fraction of sp³-hybridized carbons (Fsp3) is 0.647. The highest BCUT2D eigenvalue weighted by molar-refractivity contribution is 6.17. The molecule has 0 amide bonds. The van der Waals surface area contributed by atoms with E-state index in [0.717, 1.165) is 19.6 Å². The van der Waals surface area contributed by atoms with Gasteiger partial charge in [-0.15, -0.1) is 11.6 Å². The Morgan fingerprint density at radius 1 is 0.955 bits per heavy atom. The zero-order valence-corrected chi connectivity index (χ0v) is 13.8. The van der Waals surface area contributed by atoms with Crippen LogP contribution in [0.4, 0.5) is 0 Å².